The van der Waals surface area contributed by atoms with Gasteiger partial charge >= 0.3 is 0 Å². The van der Waals surface area contributed by atoms with E-state index in [9.17, 15) is 34.8 Å². The zero-order valence-electron chi connectivity index (χ0n) is 23.3. The molecule has 5 atom stereocenters. The molecule has 11 nitrogen and oxygen atoms in total. The third-order valence-corrected chi connectivity index (χ3v) is 9.10. The Balaban J connectivity index is 1.64. The summed E-state index contributed by atoms with van der Waals surface area (Å²) in [5, 5.41) is 47.7. The van der Waals surface area contributed by atoms with Crippen LogP contribution in [-0.2, 0) is 22.6 Å². The van der Waals surface area contributed by atoms with E-state index in [1.54, 1.807) is 0 Å². The molecule has 41 heavy (non-hydrogen) atoms. The van der Waals surface area contributed by atoms with Crippen molar-refractivity contribution >= 4 is 23.2 Å². The standard InChI is InChI=1S/C29H37FN4O7/c1-4-5-34-10-15-20(30)14-7-12-8-16-21(31)24(36)19(28(32)40)27(39)29(16,41)26(38)17(12)23(35)18(14)25(37)22(15)33-9-13(34)6-11(2)3/h11-13,16,21,33,36-38,41H,4-10,31H2,1-3H3,(H2,32,40)/t12-,13+,16-,21-,29-/m0/s1. The van der Waals surface area contributed by atoms with Gasteiger partial charge in [-0.2, -0.15) is 0 Å². The SMILES string of the molecule is CCCN1Cc2c(F)c3c(c(O)c2NC[C@H]1CC(C)C)C(=O)C1=C(O)[C@]2(O)C(=O)C(C(N)=O)=C(O)[C@@H](N)[C@@H]2C[C@@H]1C3. The number of nitrogens with two attached hydrogens (primary N) is 2. The van der Waals surface area contributed by atoms with Gasteiger partial charge in [-0.25, -0.2) is 4.39 Å². The number of allylic oxidation sites excluding steroid dienone is 1. The van der Waals surface area contributed by atoms with Crippen LogP contribution in [0.5, 0.6) is 5.75 Å². The zero-order valence-corrected chi connectivity index (χ0v) is 23.3. The van der Waals surface area contributed by atoms with Gasteiger partial charge in [0.2, 0.25) is 5.78 Å². The maximum Gasteiger partial charge on any atom is 0.255 e. The molecule has 1 aliphatic heterocycles. The van der Waals surface area contributed by atoms with Crippen molar-refractivity contribution in [2.75, 3.05) is 18.4 Å². The van der Waals surface area contributed by atoms with E-state index in [2.05, 4.69) is 24.1 Å². The number of carbonyl (C=O) groups is 3. The monoisotopic (exact) mass is 572 g/mol. The first-order valence-corrected chi connectivity index (χ1v) is 14.0. The number of anilines is 1. The number of phenolic OH excluding ortho intramolecular Hbond substituents is 1. The summed E-state index contributed by atoms with van der Waals surface area (Å²) in [7, 11) is 0. The van der Waals surface area contributed by atoms with Crippen LogP contribution in [0.4, 0.5) is 10.1 Å². The van der Waals surface area contributed by atoms with Gasteiger partial charge < -0.3 is 37.2 Å². The zero-order chi connectivity index (χ0) is 30.1. The fraction of sp³-hybridized carbons (Fsp3) is 0.552. The molecule has 0 radical (unpaired) electrons. The van der Waals surface area contributed by atoms with E-state index < -0.39 is 69.6 Å². The van der Waals surface area contributed by atoms with Crippen molar-refractivity contribution in [1.29, 1.82) is 0 Å². The molecule has 0 aromatic heterocycles. The summed E-state index contributed by atoms with van der Waals surface area (Å²) in [6.45, 7) is 7.60. The summed E-state index contributed by atoms with van der Waals surface area (Å²) in [4.78, 5) is 41.2. The van der Waals surface area contributed by atoms with Crippen LogP contribution < -0.4 is 16.8 Å². The van der Waals surface area contributed by atoms with Crippen LogP contribution in [0.15, 0.2) is 22.7 Å². The molecular formula is C29H37FN4O7. The van der Waals surface area contributed by atoms with Crippen molar-refractivity contribution in [2.24, 2.45) is 29.2 Å². The molecule has 12 heteroatoms. The van der Waals surface area contributed by atoms with E-state index in [1.807, 2.05) is 6.92 Å². The van der Waals surface area contributed by atoms with Gasteiger partial charge in [0.1, 0.15) is 22.9 Å². The van der Waals surface area contributed by atoms with E-state index in [-0.39, 0.29) is 53.4 Å². The van der Waals surface area contributed by atoms with Crippen LogP contribution in [0.2, 0.25) is 0 Å². The molecular weight excluding hydrogens is 535 g/mol. The van der Waals surface area contributed by atoms with Crippen LogP contribution in [0.25, 0.3) is 0 Å². The van der Waals surface area contributed by atoms with Crippen molar-refractivity contribution in [3.63, 3.8) is 0 Å². The lowest BCUT2D eigenvalue weighted by atomic mass is 9.59. The van der Waals surface area contributed by atoms with Crippen molar-refractivity contribution in [2.45, 2.75) is 70.7 Å². The number of rotatable bonds is 5. The van der Waals surface area contributed by atoms with Gasteiger partial charge in [0.25, 0.3) is 5.91 Å². The van der Waals surface area contributed by atoms with E-state index in [0.29, 0.717) is 19.0 Å². The van der Waals surface area contributed by atoms with Crippen LogP contribution in [0, 0.1) is 23.6 Å². The predicted octanol–water partition coefficient (Wildman–Crippen LogP) is 1.71. The molecule has 3 aliphatic carbocycles. The Hall–Kier alpha value is -3.48. The van der Waals surface area contributed by atoms with Crippen molar-refractivity contribution in [3.8, 4) is 5.75 Å². The number of nitrogens with zero attached hydrogens (tertiary/aromatic N) is 1. The van der Waals surface area contributed by atoms with Crippen LogP contribution >= 0.6 is 0 Å². The van der Waals surface area contributed by atoms with E-state index >= 15 is 4.39 Å². The third-order valence-electron chi connectivity index (χ3n) is 9.10. The van der Waals surface area contributed by atoms with Crippen LogP contribution in [0.3, 0.4) is 0 Å². The molecule has 0 saturated carbocycles. The summed E-state index contributed by atoms with van der Waals surface area (Å²) < 4.78 is 16.3. The maximum absolute atomic E-state index is 16.3. The Kier molecular flexibility index (Phi) is 7.16. The average Bonchev–Trinajstić information content (AvgIpc) is 3.07. The third kappa shape index (κ3) is 4.14. The fourth-order valence-corrected chi connectivity index (χ4v) is 7.21. The van der Waals surface area contributed by atoms with Gasteiger partial charge in [-0.15, -0.1) is 0 Å². The number of aliphatic hydroxyl groups is 3. The van der Waals surface area contributed by atoms with Gasteiger partial charge in [0, 0.05) is 41.7 Å². The quantitative estimate of drug-likeness (QED) is 0.201. The number of Topliss-reactive ketones (excluding diaryl/α,β-unsaturated/α-hetero) is 2. The number of carbonyl (C=O) groups excluding carboxylic acids is 3. The molecule has 1 heterocycles. The molecule has 0 spiro atoms. The first-order chi connectivity index (χ1) is 19.2. The number of benzene rings is 1. The van der Waals surface area contributed by atoms with Crippen LogP contribution in [0.1, 0.15) is 61.5 Å². The topological polar surface area (TPSA) is 199 Å². The summed E-state index contributed by atoms with van der Waals surface area (Å²) >= 11 is 0. The number of aliphatic hydroxyl groups excluding tert-OH is 2. The maximum atomic E-state index is 16.3. The number of ketones is 2. The van der Waals surface area contributed by atoms with Gasteiger partial charge in [0.05, 0.1) is 17.3 Å². The molecule has 1 amide bonds. The van der Waals surface area contributed by atoms with Crippen molar-refractivity contribution in [3.05, 3.63) is 45.2 Å². The number of primary amides is 1. The summed E-state index contributed by atoms with van der Waals surface area (Å²) in [5.74, 6) is -8.43. The highest BCUT2D eigenvalue weighted by atomic mass is 19.1. The average molecular weight is 573 g/mol. The number of amides is 1. The van der Waals surface area contributed by atoms with Gasteiger partial charge in [-0.3, -0.25) is 19.3 Å². The second-order valence-electron chi connectivity index (χ2n) is 12.1. The van der Waals surface area contributed by atoms with Gasteiger partial charge in [0.15, 0.2) is 17.1 Å². The summed E-state index contributed by atoms with van der Waals surface area (Å²) in [6, 6.07) is -1.40. The number of halogens is 1. The minimum absolute atomic E-state index is 0.0212. The molecule has 0 saturated heterocycles. The smallest absolute Gasteiger partial charge is 0.255 e. The van der Waals surface area contributed by atoms with E-state index in [1.165, 1.54) is 0 Å². The Morgan fingerprint density at radius 1 is 1.22 bits per heavy atom. The molecule has 0 fully saturated rings. The molecule has 4 aliphatic rings. The Morgan fingerprint density at radius 2 is 1.90 bits per heavy atom. The largest absolute Gasteiger partial charge is 0.510 e. The lowest BCUT2D eigenvalue weighted by Gasteiger charge is -2.47. The molecule has 5 rings (SSSR count). The van der Waals surface area contributed by atoms with Gasteiger partial charge in [-0.1, -0.05) is 20.8 Å². The van der Waals surface area contributed by atoms with Gasteiger partial charge in [-0.05, 0) is 44.1 Å². The summed E-state index contributed by atoms with van der Waals surface area (Å²) in [5.41, 5.74) is 7.19. The number of hydrogen-bond acceptors (Lipinski definition) is 10. The minimum atomic E-state index is -2.81. The second-order valence-corrected chi connectivity index (χ2v) is 12.1. The van der Waals surface area contributed by atoms with E-state index in [0.717, 1.165) is 12.8 Å². The van der Waals surface area contributed by atoms with Crippen molar-refractivity contribution < 1.29 is 39.2 Å². The Labute approximate surface area is 236 Å². The number of hydrogen-bond donors (Lipinski definition) is 7. The predicted molar refractivity (Wildman–Crippen MR) is 147 cm³/mol. The lowest BCUT2D eigenvalue weighted by molar-refractivity contribution is -0.145. The number of nitrogens with one attached hydrogen (secondary N) is 1. The van der Waals surface area contributed by atoms with Crippen molar-refractivity contribution in [1.82, 2.24) is 4.90 Å². The lowest BCUT2D eigenvalue weighted by Crippen LogP contribution is -2.63. The highest BCUT2D eigenvalue weighted by molar-refractivity contribution is 6.24. The molecule has 0 bridgehead atoms. The molecule has 222 valence electrons. The highest BCUT2D eigenvalue weighted by Gasteiger charge is 2.62. The first-order valence-electron chi connectivity index (χ1n) is 14.0. The number of fused-ring (bicyclic) bond motifs is 4. The number of phenols is 1. The molecule has 9 N–H and O–H groups in total. The van der Waals surface area contributed by atoms with Crippen LogP contribution in [-0.4, -0.2) is 73.6 Å². The molecule has 0 unspecified atom stereocenters. The second kappa shape index (κ2) is 10.1. The highest BCUT2D eigenvalue weighted by Crippen LogP contribution is 2.53. The Bertz CT molecular complexity index is 1420. The Morgan fingerprint density at radius 3 is 2.51 bits per heavy atom. The normalized spacial score (nSPS) is 29.9. The fourth-order valence-electron chi connectivity index (χ4n) is 7.21. The molecule has 1 aromatic carbocycles. The minimum Gasteiger partial charge on any atom is -0.510 e. The first kappa shape index (κ1) is 29.0. The summed E-state index contributed by atoms with van der Waals surface area (Å²) in [6.07, 6.45) is 1.38. The van der Waals surface area contributed by atoms with E-state index in [4.69, 9.17) is 11.5 Å². The number of aromatic hydroxyl groups is 1. The molecule has 1 aromatic rings.